The highest BCUT2D eigenvalue weighted by Crippen LogP contribution is 2.30. The van der Waals surface area contributed by atoms with Gasteiger partial charge in [-0.2, -0.15) is 0 Å². The van der Waals surface area contributed by atoms with E-state index in [2.05, 4.69) is 20.6 Å². The number of halogens is 2. The Morgan fingerprint density at radius 1 is 1.19 bits per heavy atom. The van der Waals surface area contributed by atoms with Crippen LogP contribution in [-0.4, -0.2) is 53.7 Å². The lowest BCUT2D eigenvalue weighted by atomic mass is 9.97. The molecule has 0 saturated carbocycles. The summed E-state index contributed by atoms with van der Waals surface area (Å²) in [6, 6.07) is 7.03. The van der Waals surface area contributed by atoms with Gasteiger partial charge in [0.25, 0.3) is 6.43 Å². The average molecular weight is 450 g/mol. The van der Waals surface area contributed by atoms with Crippen LogP contribution in [0.4, 0.5) is 19.4 Å². The SMILES string of the molecule is CC(C)(C)OC(=O)NCCNC(=O)C1CCCN(c2nc(C(F)F)nc3ccccc23)C1. The Bertz CT molecular complexity index is 964. The molecule has 0 aliphatic carbocycles. The van der Waals surface area contributed by atoms with Crippen LogP contribution in [0.1, 0.15) is 45.9 Å². The Hall–Kier alpha value is -3.04. The van der Waals surface area contributed by atoms with Crippen molar-refractivity contribution >= 4 is 28.7 Å². The van der Waals surface area contributed by atoms with E-state index in [0.29, 0.717) is 36.2 Å². The number of nitrogens with zero attached hydrogens (tertiary/aromatic N) is 3. The van der Waals surface area contributed by atoms with Crippen molar-refractivity contribution in [1.82, 2.24) is 20.6 Å². The molecule has 1 saturated heterocycles. The second-order valence-electron chi connectivity index (χ2n) is 8.73. The molecule has 0 radical (unpaired) electrons. The minimum Gasteiger partial charge on any atom is -0.444 e. The number of alkyl carbamates (subject to hydrolysis) is 1. The van der Waals surface area contributed by atoms with Crippen LogP contribution in [0.2, 0.25) is 0 Å². The molecule has 10 heteroatoms. The summed E-state index contributed by atoms with van der Waals surface area (Å²) in [7, 11) is 0. The van der Waals surface area contributed by atoms with Crippen molar-refractivity contribution in [3.8, 4) is 0 Å². The van der Waals surface area contributed by atoms with E-state index >= 15 is 0 Å². The fourth-order valence-corrected chi connectivity index (χ4v) is 3.61. The highest BCUT2D eigenvalue weighted by molar-refractivity contribution is 5.90. The zero-order chi connectivity index (χ0) is 23.3. The second kappa shape index (κ2) is 10.1. The van der Waals surface area contributed by atoms with Gasteiger partial charge in [-0.25, -0.2) is 23.5 Å². The predicted molar refractivity (Wildman–Crippen MR) is 117 cm³/mol. The van der Waals surface area contributed by atoms with E-state index in [4.69, 9.17) is 4.74 Å². The number of alkyl halides is 2. The van der Waals surface area contributed by atoms with Crippen LogP contribution in [0.15, 0.2) is 24.3 Å². The van der Waals surface area contributed by atoms with E-state index in [1.165, 1.54) is 0 Å². The molecular formula is C22H29F2N5O3. The van der Waals surface area contributed by atoms with Gasteiger partial charge in [0.1, 0.15) is 11.4 Å². The van der Waals surface area contributed by atoms with E-state index in [0.717, 1.165) is 6.42 Å². The molecule has 1 aromatic carbocycles. The summed E-state index contributed by atoms with van der Waals surface area (Å²) in [5.74, 6) is -0.546. The smallest absolute Gasteiger partial charge is 0.407 e. The lowest BCUT2D eigenvalue weighted by molar-refractivity contribution is -0.125. The molecule has 0 spiro atoms. The molecule has 1 aliphatic heterocycles. The topological polar surface area (TPSA) is 96.5 Å². The molecule has 3 rings (SSSR count). The van der Waals surface area contributed by atoms with E-state index in [1.54, 1.807) is 39.0 Å². The Labute approximate surface area is 185 Å². The van der Waals surface area contributed by atoms with Gasteiger partial charge in [-0.3, -0.25) is 4.79 Å². The van der Waals surface area contributed by atoms with Crippen molar-refractivity contribution < 1.29 is 23.1 Å². The molecule has 2 N–H and O–H groups in total. The van der Waals surface area contributed by atoms with Gasteiger partial charge in [-0.15, -0.1) is 0 Å². The predicted octanol–water partition coefficient (Wildman–Crippen LogP) is 3.42. The molecule has 2 amide bonds. The number of anilines is 1. The third-order valence-electron chi connectivity index (χ3n) is 4.98. The number of rotatable bonds is 6. The molecule has 1 atom stereocenters. The largest absolute Gasteiger partial charge is 0.444 e. The van der Waals surface area contributed by atoms with Crippen LogP contribution in [0, 0.1) is 5.92 Å². The average Bonchev–Trinajstić information content (AvgIpc) is 2.74. The van der Waals surface area contributed by atoms with E-state index in [9.17, 15) is 18.4 Å². The molecule has 1 aromatic heterocycles. The van der Waals surface area contributed by atoms with Gasteiger partial charge in [-0.1, -0.05) is 12.1 Å². The van der Waals surface area contributed by atoms with Crippen LogP contribution in [-0.2, 0) is 9.53 Å². The van der Waals surface area contributed by atoms with E-state index in [-0.39, 0.29) is 24.9 Å². The van der Waals surface area contributed by atoms with Crippen LogP contribution in [0.3, 0.4) is 0 Å². The Morgan fingerprint density at radius 2 is 1.91 bits per heavy atom. The van der Waals surface area contributed by atoms with Crippen LogP contribution >= 0.6 is 0 Å². The first kappa shape index (κ1) is 23.6. The molecule has 174 valence electrons. The number of aromatic nitrogens is 2. The van der Waals surface area contributed by atoms with Crippen molar-refractivity contribution in [2.45, 2.75) is 45.6 Å². The number of nitrogens with one attached hydrogen (secondary N) is 2. The maximum atomic E-state index is 13.3. The Balaban J connectivity index is 1.61. The summed E-state index contributed by atoms with van der Waals surface area (Å²) in [6.07, 6.45) is -1.90. The first-order valence-electron chi connectivity index (χ1n) is 10.7. The van der Waals surface area contributed by atoms with Gasteiger partial charge in [0.2, 0.25) is 5.91 Å². The fourth-order valence-electron chi connectivity index (χ4n) is 3.61. The number of hydrogen-bond acceptors (Lipinski definition) is 6. The number of fused-ring (bicyclic) bond motifs is 1. The first-order valence-corrected chi connectivity index (χ1v) is 10.7. The zero-order valence-electron chi connectivity index (χ0n) is 18.5. The van der Waals surface area contributed by atoms with Crippen molar-refractivity contribution in [2.75, 3.05) is 31.1 Å². The van der Waals surface area contributed by atoms with Gasteiger partial charge in [-0.05, 0) is 45.7 Å². The normalized spacial score (nSPS) is 16.8. The highest BCUT2D eigenvalue weighted by atomic mass is 19.3. The maximum Gasteiger partial charge on any atom is 0.407 e. The summed E-state index contributed by atoms with van der Waals surface area (Å²) >= 11 is 0. The van der Waals surface area contributed by atoms with Gasteiger partial charge in [0, 0.05) is 31.6 Å². The standard InChI is InChI=1S/C22H29F2N5O3/c1-22(2,3)32-21(31)26-11-10-25-20(30)14-7-6-12-29(13-14)19-15-8-4-5-9-16(15)27-18(28-19)17(23)24/h4-5,8-9,14,17H,6-7,10-13H2,1-3H3,(H,25,30)(H,26,31). The minimum absolute atomic E-state index is 0.145. The molecule has 1 fully saturated rings. The second-order valence-corrected chi connectivity index (χ2v) is 8.73. The number of carbonyl (C=O) groups excluding carboxylic acids is 2. The summed E-state index contributed by atoms with van der Waals surface area (Å²) in [4.78, 5) is 34.3. The Kier molecular flexibility index (Phi) is 7.42. The number of amides is 2. The van der Waals surface area contributed by atoms with Crippen molar-refractivity contribution in [1.29, 1.82) is 0 Å². The third-order valence-corrected chi connectivity index (χ3v) is 4.98. The van der Waals surface area contributed by atoms with Crippen molar-refractivity contribution in [2.24, 2.45) is 5.92 Å². The third kappa shape index (κ3) is 6.24. The number of piperidine rings is 1. The van der Waals surface area contributed by atoms with Gasteiger partial charge < -0.3 is 20.3 Å². The van der Waals surface area contributed by atoms with Crippen molar-refractivity contribution in [3.63, 3.8) is 0 Å². The molecule has 1 aliphatic rings. The molecule has 1 unspecified atom stereocenters. The van der Waals surface area contributed by atoms with Gasteiger partial charge >= 0.3 is 6.09 Å². The molecule has 0 bridgehead atoms. The number of ether oxygens (including phenoxy) is 1. The minimum atomic E-state index is -2.78. The van der Waals surface area contributed by atoms with E-state index < -0.39 is 23.9 Å². The number of carbonyl (C=O) groups is 2. The fraction of sp³-hybridized carbons (Fsp3) is 0.545. The molecule has 2 heterocycles. The summed E-state index contributed by atoms with van der Waals surface area (Å²) in [5.41, 5.74) is -0.138. The quantitative estimate of drug-likeness (QED) is 0.656. The maximum absolute atomic E-state index is 13.3. The monoisotopic (exact) mass is 449 g/mol. The highest BCUT2D eigenvalue weighted by Gasteiger charge is 2.28. The number of para-hydroxylation sites is 1. The van der Waals surface area contributed by atoms with Crippen molar-refractivity contribution in [3.05, 3.63) is 30.1 Å². The Morgan fingerprint density at radius 3 is 2.62 bits per heavy atom. The van der Waals surface area contributed by atoms with Crippen LogP contribution in [0.5, 0.6) is 0 Å². The van der Waals surface area contributed by atoms with Gasteiger partial charge in [0.05, 0.1) is 11.4 Å². The van der Waals surface area contributed by atoms with Gasteiger partial charge in [0.15, 0.2) is 5.82 Å². The van der Waals surface area contributed by atoms with Crippen LogP contribution in [0.25, 0.3) is 10.9 Å². The molecule has 8 nitrogen and oxygen atoms in total. The molecule has 2 aromatic rings. The number of hydrogen-bond donors (Lipinski definition) is 2. The lowest BCUT2D eigenvalue weighted by Gasteiger charge is -2.33. The summed E-state index contributed by atoms with van der Waals surface area (Å²) < 4.78 is 31.8. The lowest BCUT2D eigenvalue weighted by Crippen LogP contribution is -2.45. The zero-order valence-corrected chi connectivity index (χ0v) is 18.5. The summed E-state index contributed by atoms with van der Waals surface area (Å²) in [6.45, 7) is 6.81. The molecular weight excluding hydrogens is 420 g/mol. The number of benzene rings is 1. The van der Waals surface area contributed by atoms with Crippen LogP contribution < -0.4 is 15.5 Å². The molecule has 32 heavy (non-hydrogen) atoms. The van der Waals surface area contributed by atoms with E-state index in [1.807, 2.05) is 11.0 Å². The first-order chi connectivity index (χ1) is 15.1. The summed E-state index contributed by atoms with van der Waals surface area (Å²) in [5, 5.41) is 6.10.